The van der Waals surface area contributed by atoms with Gasteiger partial charge < -0.3 is 15.0 Å². The highest BCUT2D eigenvalue weighted by Crippen LogP contribution is 2.18. The Kier molecular flexibility index (Phi) is 3.14. The third-order valence-corrected chi connectivity index (χ3v) is 2.56. The molecule has 2 N–H and O–H groups in total. The molecule has 1 aromatic carbocycles. The van der Waals surface area contributed by atoms with Gasteiger partial charge in [-0.3, -0.25) is 9.59 Å². The molecule has 2 rings (SSSR count). The fraction of sp³-hybridized carbons (Fsp3) is 0.0769. The Morgan fingerprint density at radius 3 is 2.50 bits per heavy atom. The molecule has 1 heterocycles. The number of phenolic OH excluding ortho intramolecular Hbond substituents is 1. The Hall–Kier alpha value is -2.56. The molecule has 0 saturated carbocycles. The molecule has 1 aromatic heterocycles. The number of benzene rings is 1. The van der Waals surface area contributed by atoms with Crippen molar-refractivity contribution >= 4 is 11.6 Å². The lowest BCUT2D eigenvalue weighted by atomic mass is 10.2. The Morgan fingerprint density at radius 1 is 1.22 bits per heavy atom. The predicted molar refractivity (Wildman–Crippen MR) is 67.9 cm³/mol. The number of aromatic amines is 1. The molecule has 0 fully saturated rings. The minimum atomic E-state index is -0.319. The summed E-state index contributed by atoms with van der Waals surface area (Å²) in [5, 5.41) is 9.18. The highest BCUT2D eigenvalue weighted by atomic mass is 16.3. The quantitative estimate of drug-likeness (QED) is 0.837. The summed E-state index contributed by atoms with van der Waals surface area (Å²) in [6.07, 6.45) is 1.43. The second-order valence-electron chi connectivity index (χ2n) is 3.82. The van der Waals surface area contributed by atoms with E-state index >= 15 is 0 Å². The molecule has 1 amide bonds. The maximum atomic E-state index is 12.1. The van der Waals surface area contributed by atoms with Crippen LogP contribution in [0.2, 0.25) is 0 Å². The van der Waals surface area contributed by atoms with Crippen LogP contribution >= 0.6 is 0 Å². The summed E-state index contributed by atoms with van der Waals surface area (Å²) in [5.41, 5.74) is 0.632. The SMILES string of the molecule is CN(C(=O)c1cc[nH]c(=O)c1)c1ccc(O)cc1. The molecule has 0 unspecified atom stereocenters. The Morgan fingerprint density at radius 2 is 1.89 bits per heavy atom. The average molecular weight is 244 g/mol. The normalized spacial score (nSPS) is 10.1. The first kappa shape index (κ1) is 11.9. The first-order valence-electron chi connectivity index (χ1n) is 5.34. The van der Waals surface area contributed by atoms with Gasteiger partial charge in [-0.2, -0.15) is 0 Å². The summed E-state index contributed by atoms with van der Waals surface area (Å²) in [6.45, 7) is 0. The lowest BCUT2D eigenvalue weighted by Crippen LogP contribution is -2.27. The van der Waals surface area contributed by atoms with Gasteiger partial charge in [-0.25, -0.2) is 0 Å². The van der Waals surface area contributed by atoms with Crippen molar-refractivity contribution in [2.75, 3.05) is 11.9 Å². The molecule has 92 valence electrons. The number of pyridine rings is 1. The maximum Gasteiger partial charge on any atom is 0.258 e. The van der Waals surface area contributed by atoms with Crippen LogP contribution in [-0.2, 0) is 0 Å². The summed E-state index contributed by atoms with van der Waals surface area (Å²) < 4.78 is 0. The van der Waals surface area contributed by atoms with Crippen LogP contribution in [0.3, 0.4) is 0 Å². The lowest BCUT2D eigenvalue weighted by Gasteiger charge is -2.17. The molecule has 0 aliphatic heterocycles. The van der Waals surface area contributed by atoms with E-state index in [0.29, 0.717) is 11.3 Å². The van der Waals surface area contributed by atoms with Gasteiger partial charge in [0.1, 0.15) is 5.75 Å². The van der Waals surface area contributed by atoms with Crippen molar-refractivity contribution in [1.29, 1.82) is 0 Å². The van der Waals surface area contributed by atoms with E-state index in [2.05, 4.69) is 4.98 Å². The van der Waals surface area contributed by atoms with Crippen molar-refractivity contribution in [2.24, 2.45) is 0 Å². The van der Waals surface area contributed by atoms with Gasteiger partial charge >= 0.3 is 0 Å². The number of hydrogen-bond donors (Lipinski definition) is 2. The van der Waals surface area contributed by atoms with E-state index in [0.717, 1.165) is 0 Å². The molecule has 0 bridgehead atoms. The third-order valence-electron chi connectivity index (χ3n) is 2.56. The zero-order valence-electron chi connectivity index (χ0n) is 9.75. The van der Waals surface area contributed by atoms with E-state index in [1.807, 2.05) is 0 Å². The van der Waals surface area contributed by atoms with E-state index < -0.39 is 0 Å². The number of nitrogens with one attached hydrogen (secondary N) is 1. The van der Waals surface area contributed by atoms with Crippen molar-refractivity contribution in [3.63, 3.8) is 0 Å². The Balaban J connectivity index is 2.29. The fourth-order valence-electron chi connectivity index (χ4n) is 1.56. The lowest BCUT2D eigenvalue weighted by molar-refractivity contribution is 0.0992. The van der Waals surface area contributed by atoms with Gasteiger partial charge in [0.2, 0.25) is 5.56 Å². The van der Waals surface area contributed by atoms with Crippen LogP contribution in [0.4, 0.5) is 5.69 Å². The number of carbonyl (C=O) groups excluding carboxylic acids is 1. The van der Waals surface area contributed by atoms with Crippen LogP contribution in [0.15, 0.2) is 47.4 Å². The molecule has 18 heavy (non-hydrogen) atoms. The first-order valence-corrected chi connectivity index (χ1v) is 5.34. The number of H-pyrrole nitrogens is 1. The number of aromatic hydroxyl groups is 1. The summed E-state index contributed by atoms with van der Waals surface area (Å²) in [4.78, 5) is 27.1. The summed E-state index contributed by atoms with van der Waals surface area (Å²) >= 11 is 0. The number of rotatable bonds is 2. The summed E-state index contributed by atoms with van der Waals surface area (Å²) in [5.74, 6) is -0.150. The standard InChI is InChI=1S/C13H12N2O3/c1-15(10-2-4-11(16)5-3-10)13(18)9-6-7-14-12(17)8-9/h2-8,16H,1H3,(H,14,17). The highest BCUT2D eigenvalue weighted by molar-refractivity contribution is 6.05. The molecular formula is C13H12N2O3. The molecule has 0 saturated heterocycles. The molecule has 0 atom stereocenters. The van der Waals surface area contributed by atoms with Gasteiger partial charge in [-0.1, -0.05) is 0 Å². The molecule has 2 aromatic rings. The van der Waals surface area contributed by atoms with Gasteiger partial charge in [0.25, 0.3) is 5.91 Å². The van der Waals surface area contributed by atoms with E-state index in [9.17, 15) is 14.7 Å². The second-order valence-corrected chi connectivity index (χ2v) is 3.82. The Labute approximate surface area is 103 Å². The van der Waals surface area contributed by atoms with Crippen molar-refractivity contribution in [2.45, 2.75) is 0 Å². The van der Waals surface area contributed by atoms with Crippen LogP contribution in [0, 0.1) is 0 Å². The van der Waals surface area contributed by atoms with E-state index in [1.165, 1.54) is 29.3 Å². The monoisotopic (exact) mass is 244 g/mol. The Bertz CT molecular complexity index is 617. The van der Waals surface area contributed by atoms with E-state index in [4.69, 9.17) is 0 Å². The fourth-order valence-corrected chi connectivity index (χ4v) is 1.56. The summed E-state index contributed by atoms with van der Waals surface area (Å²) in [6, 6.07) is 9.04. The molecular weight excluding hydrogens is 232 g/mol. The van der Waals surface area contributed by atoms with E-state index in [1.54, 1.807) is 25.2 Å². The molecule has 0 spiro atoms. The zero-order chi connectivity index (χ0) is 13.1. The van der Waals surface area contributed by atoms with Crippen LogP contribution in [0.25, 0.3) is 0 Å². The van der Waals surface area contributed by atoms with Crippen LogP contribution in [0.1, 0.15) is 10.4 Å². The van der Waals surface area contributed by atoms with Gasteiger partial charge in [0.15, 0.2) is 0 Å². The largest absolute Gasteiger partial charge is 0.508 e. The molecule has 0 aliphatic carbocycles. The van der Waals surface area contributed by atoms with Crippen molar-refractivity contribution in [3.8, 4) is 5.75 Å². The molecule has 0 radical (unpaired) electrons. The van der Waals surface area contributed by atoms with Crippen LogP contribution in [-0.4, -0.2) is 23.0 Å². The van der Waals surface area contributed by atoms with Crippen molar-refractivity contribution in [3.05, 3.63) is 58.5 Å². The van der Waals surface area contributed by atoms with Crippen molar-refractivity contribution < 1.29 is 9.90 Å². The number of amides is 1. The minimum absolute atomic E-state index is 0.135. The number of phenols is 1. The topological polar surface area (TPSA) is 73.4 Å². The maximum absolute atomic E-state index is 12.1. The van der Waals surface area contributed by atoms with Crippen molar-refractivity contribution in [1.82, 2.24) is 4.98 Å². The molecule has 5 heteroatoms. The predicted octanol–water partition coefficient (Wildman–Crippen LogP) is 1.36. The second kappa shape index (κ2) is 4.75. The van der Waals surface area contributed by atoms with Gasteiger partial charge in [-0.15, -0.1) is 0 Å². The number of aromatic nitrogens is 1. The van der Waals surface area contributed by atoms with Crippen LogP contribution < -0.4 is 10.5 Å². The van der Waals surface area contributed by atoms with E-state index in [-0.39, 0.29) is 17.2 Å². The number of nitrogens with zero attached hydrogens (tertiary/aromatic N) is 1. The molecule has 5 nitrogen and oxygen atoms in total. The highest BCUT2D eigenvalue weighted by Gasteiger charge is 2.13. The minimum Gasteiger partial charge on any atom is -0.508 e. The first-order chi connectivity index (χ1) is 8.58. The van der Waals surface area contributed by atoms with Gasteiger partial charge in [0.05, 0.1) is 0 Å². The van der Waals surface area contributed by atoms with Gasteiger partial charge in [-0.05, 0) is 30.3 Å². The number of carbonyl (C=O) groups is 1. The number of anilines is 1. The smallest absolute Gasteiger partial charge is 0.258 e. The van der Waals surface area contributed by atoms with Crippen LogP contribution in [0.5, 0.6) is 5.75 Å². The third kappa shape index (κ3) is 2.40. The summed E-state index contributed by atoms with van der Waals surface area (Å²) in [7, 11) is 1.61. The zero-order valence-corrected chi connectivity index (χ0v) is 9.75. The van der Waals surface area contributed by atoms with Gasteiger partial charge in [0, 0.05) is 30.6 Å². The number of hydrogen-bond acceptors (Lipinski definition) is 3. The average Bonchev–Trinajstić information content (AvgIpc) is 2.38. The molecule has 0 aliphatic rings.